The van der Waals surface area contributed by atoms with E-state index in [1.807, 2.05) is 6.92 Å². The van der Waals surface area contributed by atoms with Crippen molar-refractivity contribution in [1.82, 2.24) is 5.32 Å². The molecule has 1 unspecified atom stereocenters. The second-order valence-corrected chi connectivity index (χ2v) is 5.35. The monoisotopic (exact) mass is 327 g/mol. The molecule has 0 radical (unpaired) electrons. The van der Waals surface area contributed by atoms with Crippen molar-refractivity contribution in [2.24, 2.45) is 0 Å². The Hall–Kier alpha value is -1.49. The Morgan fingerprint density at radius 2 is 2.10 bits per heavy atom. The van der Waals surface area contributed by atoms with Crippen LogP contribution < -0.4 is 5.32 Å². The number of aliphatic hydroxyl groups is 1. The van der Waals surface area contributed by atoms with E-state index in [0.29, 0.717) is 15.6 Å². The van der Waals surface area contributed by atoms with Gasteiger partial charge in [0.25, 0.3) is 5.91 Å². The molecule has 1 aromatic heterocycles. The van der Waals surface area contributed by atoms with Gasteiger partial charge in [-0.3, -0.25) is 4.79 Å². The lowest BCUT2D eigenvalue weighted by molar-refractivity contribution is 0.0887. The summed E-state index contributed by atoms with van der Waals surface area (Å²) in [6, 6.07) is 8.16. The van der Waals surface area contributed by atoms with Gasteiger partial charge in [-0.15, -0.1) is 0 Å². The molecule has 2 aromatic rings. The van der Waals surface area contributed by atoms with Crippen molar-refractivity contribution in [1.29, 1.82) is 0 Å². The molecule has 112 valence electrons. The van der Waals surface area contributed by atoms with Crippen LogP contribution in [0, 0.1) is 0 Å². The molecule has 0 bridgehead atoms. The third-order valence-electron chi connectivity index (χ3n) is 3.01. The minimum Gasteiger partial charge on any atom is -0.456 e. The van der Waals surface area contributed by atoms with Crippen LogP contribution >= 0.6 is 23.2 Å². The summed E-state index contributed by atoms with van der Waals surface area (Å²) in [4.78, 5) is 11.9. The third-order valence-corrected chi connectivity index (χ3v) is 3.57. The second-order valence-electron chi connectivity index (χ2n) is 4.51. The molecule has 0 fully saturated rings. The first kappa shape index (κ1) is 15.9. The number of aliphatic hydroxyl groups excluding tert-OH is 1. The van der Waals surface area contributed by atoms with Gasteiger partial charge < -0.3 is 14.8 Å². The van der Waals surface area contributed by atoms with Gasteiger partial charge in [-0.1, -0.05) is 36.2 Å². The zero-order valence-corrected chi connectivity index (χ0v) is 12.9. The summed E-state index contributed by atoms with van der Waals surface area (Å²) in [5, 5.41) is 13.5. The molecule has 21 heavy (non-hydrogen) atoms. The van der Waals surface area contributed by atoms with E-state index in [9.17, 15) is 9.90 Å². The molecule has 0 aliphatic heterocycles. The highest BCUT2D eigenvalue weighted by Gasteiger charge is 2.15. The van der Waals surface area contributed by atoms with Gasteiger partial charge in [0.1, 0.15) is 5.76 Å². The Morgan fingerprint density at radius 1 is 1.33 bits per heavy atom. The van der Waals surface area contributed by atoms with Gasteiger partial charge in [-0.2, -0.15) is 0 Å². The number of rotatable bonds is 5. The molecule has 2 rings (SSSR count). The Labute approximate surface area is 132 Å². The highest BCUT2D eigenvalue weighted by atomic mass is 35.5. The molecule has 0 aliphatic rings. The number of hydrogen-bond acceptors (Lipinski definition) is 3. The quantitative estimate of drug-likeness (QED) is 0.881. The maximum atomic E-state index is 11.9. The zero-order valence-electron chi connectivity index (χ0n) is 11.4. The number of furan rings is 1. The van der Waals surface area contributed by atoms with E-state index in [4.69, 9.17) is 27.6 Å². The van der Waals surface area contributed by atoms with Crippen LogP contribution in [0.3, 0.4) is 0 Å². The van der Waals surface area contributed by atoms with Crippen LogP contribution in [-0.2, 0) is 6.42 Å². The average molecular weight is 328 g/mol. The van der Waals surface area contributed by atoms with E-state index in [-0.39, 0.29) is 18.2 Å². The predicted molar refractivity (Wildman–Crippen MR) is 81.8 cm³/mol. The van der Waals surface area contributed by atoms with E-state index in [1.165, 1.54) is 0 Å². The molecule has 1 aromatic carbocycles. The Balaban J connectivity index is 1.97. The first-order valence-electron chi connectivity index (χ1n) is 6.51. The number of halogens is 2. The molecule has 0 aliphatic carbocycles. The van der Waals surface area contributed by atoms with Gasteiger partial charge >= 0.3 is 0 Å². The molecule has 0 saturated carbocycles. The van der Waals surface area contributed by atoms with Crippen LogP contribution in [0.15, 0.2) is 34.7 Å². The first-order valence-corrected chi connectivity index (χ1v) is 7.26. The summed E-state index contributed by atoms with van der Waals surface area (Å²) in [6.45, 7) is 1.97. The Morgan fingerprint density at radius 3 is 2.71 bits per heavy atom. The van der Waals surface area contributed by atoms with Crippen molar-refractivity contribution in [2.75, 3.05) is 6.54 Å². The largest absolute Gasteiger partial charge is 0.456 e. The maximum absolute atomic E-state index is 11.9. The van der Waals surface area contributed by atoms with Crippen LogP contribution in [0.1, 0.15) is 34.9 Å². The summed E-state index contributed by atoms with van der Waals surface area (Å²) >= 11 is 11.8. The van der Waals surface area contributed by atoms with Crippen molar-refractivity contribution in [3.05, 3.63) is 57.5 Å². The standard InChI is InChI=1S/C15H15Cl2NO3/c1-2-10-4-6-14(21-10)15(20)18-8-13(19)11-5-3-9(16)7-12(11)17/h3-7,13,19H,2,8H2,1H3,(H,18,20). The van der Waals surface area contributed by atoms with E-state index < -0.39 is 6.10 Å². The minimum absolute atomic E-state index is 0.0301. The molecule has 1 atom stereocenters. The number of carbonyl (C=O) groups is 1. The molecule has 1 heterocycles. The second kappa shape index (κ2) is 6.98. The van der Waals surface area contributed by atoms with Crippen molar-refractivity contribution >= 4 is 29.1 Å². The minimum atomic E-state index is -0.917. The fourth-order valence-electron chi connectivity index (χ4n) is 1.85. The first-order chi connectivity index (χ1) is 10.0. The van der Waals surface area contributed by atoms with Crippen LogP contribution in [0.25, 0.3) is 0 Å². The highest BCUT2D eigenvalue weighted by Crippen LogP contribution is 2.26. The molecule has 0 spiro atoms. The fraction of sp³-hybridized carbons (Fsp3) is 0.267. The number of nitrogens with one attached hydrogen (secondary N) is 1. The average Bonchev–Trinajstić information content (AvgIpc) is 2.93. The Bertz CT molecular complexity index is 640. The van der Waals surface area contributed by atoms with Gasteiger partial charge in [0.05, 0.1) is 6.10 Å². The molecule has 1 amide bonds. The van der Waals surface area contributed by atoms with Gasteiger partial charge in [0, 0.05) is 28.6 Å². The van der Waals surface area contributed by atoms with E-state index in [1.54, 1.807) is 30.3 Å². The number of benzene rings is 1. The number of carbonyl (C=O) groups excluding carboxylic acids is 1. The SMILES string of the molecule is CCc1ccc(C(=O)NCC(O)c2ccc(Cl)cc2Cl)o1. The number of hydrogen-bond donors (Lipinski definition) is 2. The van der Waals surface area contributed by atoms with Crippen molar-refractivity contribution in [2.45, 2.75) is 19.4 Å². The topological polar surface area (TPSA) is 62.5 Å². The summed E-state index contributed by atoms with van der Waals surface area (Å²) < 4.78 is 5.33. The molecule has 6 heteroatoms. The van der Waals surface area contributed by atoms with Crippen molar-refractivity contribution in [3.63, 3.8) is 0 Å². The Kier molecular flexibility index (Phi) is 5.28. The lowest BCUT2D eigenvalue weighted by Gasteiger charge is -2.13. The highest BCUT2D eigenvalue weighted by molar-refractivity contribution is 6.35. The van der Waals surface area contributed by atoms with E-state index in [2.05, 4.69) is 5.32 Å². The summed E-state index contributed by atoms with van der Waals surface area (Å²) in [6.07, 6.45) is -0.199. The van der Waals surface area contributed by atoms with Crippen LogP contribution in [0.4, 0.5) is 0 Å². The van der Waals surface area contributed by atoms with Crippen LogP contribution in [0.2, 0.25) is 10.0 Å². The van der Waals surface area contributed by atoms with E-state index in [0.717, 1.165) is 12.2 Å². The molecule has 0 saturated heterocycles. The van der Waals surface area contributed by atoms with Crippen LogP contribution in [0.5, 0.6) is 0 Å². The molecular weight excluding hydrogens is 313 g/mol. The smallest absolute Gasteiger partial charge is 0.287 e. The summed E-state index contributed by atoms with van der Waals surface area (Å²) in [5.41, 5.74) is 0.509. The number of amides is 1. The third kappa shape index (κ3) is 4.00. The lowest BCUT2D eigenvalue weighted by atomic mass is 10.1. The summed E-state index contributed by atoms with van der Waals surface area (Å²) in [5.74, 6) is 0.585. The van der Waals surface area contributed by atoms with E-state index >= 15 is 0 Å². The summed E-state index contributed by atoms with van der Waals surface area (Å²) in [7, 11) is 0. The molecule has 4 nitrogen and oxygen atoms in total. The number of aryl methyl sites for hydroxylation is 1. The van der Waals surface area contributed by atoms with Crippen molar-refractivity contribution < 1.29 is 14.3 Å². The normalized spacial score (nSPS) is 12.2. The molecule has 2 N–H and O–H groups in total. The van der Waals surface area contributed by atoms with Gasteiger partial charge in [-0.05, 0) is 24.3 Å². The molecular formula is C15H15Cl2NO3. The van der Waals surface area contributed by atoms with Gasteiger partial charge in [-0.25, -0.2) is 0 Å². The lowest BCUT2D eigenvalue weighted by Crippen LogP contribution is -2.28. The van der Waals surface area contributed by atoms with Crippen molar-refractivity contribution in [3.8, 4) is 0 Å². The zero-order chi connectivity index (χ0) is 15.4. The fourth-order valence-corrected chi connectivity index (χ4v) is 2.38. The maximum Gasteiger partial charge on any atom is 0.287 e. The van der Waals surface area contributed by atoms with Gasteiger partial charge in [0.15, 0.2) is 5.76 Å². The predicted octanol–water partition coefficient (Wildman–Crippen LogP) is 3.61. The van der Waals surface area contributed by atoms with Gasteiger partial charge in [0.2, 0.25) is 0 Å². The van der Waals surface area contributed by atoms with Crippen LogP contribution in [-0.4, -0.2) is 17.6 Å².